The van der Waals surface area contributed by atoms with Crippen LogP contribution >= 0.6 is 0 Å². The lowest BCUT2D eigenvalue weighted by Crippen LogP contribution is -2.44. The van der Waals surface area contributed by atoms with Crippen LogP contribution in [0.25, 0.3) is 0 Å². The smallest absolute Gasteiger partial charge is 0.410 e. The summed E-state index contributed by atoms with van der Waals surface area (Å²) in [7, 11) is 0. The highest BCUT2D eigenvalue weighted by Crippen LogP contribution is 2.26. The fraction of sp³-hybridized carbons (Fsp3) is 0.944. The number of hydrogen-bond donors (Lipinski definition) is 2. The van der Waals surface area contributed by atoms with Crippen molar-refractivity contribution in [3.05, 3.63) is 0 Å². The van der Waals surface area contributed by atoms with Crippen LogP contribution in [0.3, 0.4) is 0 Å². The summed E-state index contributed by atoms with van der Waals surface area (Å²) in [5.41, 5.74) is -0.406. The Morgan fingerprint density at radius 3 is 1.79 bits per heavy atom. The third-order valence-corrected chi connectivity index (χ3v) is 4.49. The highest BCUT2D eigenvalue weighted by Gasteiger charge is 2.29. The molecule has 1 amide bonds. The van der Waals surface area contributed by atoms with E-state index in [0.29, 0.717) is 12.2 Å². The van der Waals surface area contributed by atoms with Crippen molar-refractivity contribution in [3.8, 4) is 0 Å². The van der Waals surface area contributed by atoms with Gasteiger partial charge >= 0.3 is 6.09 Å². The standard InChI is InChI=1S/C14H25NO3.C4H10N2/c1-14(2,3)18-13(16)15-9-7-12(8-10-15)17-11-5-4-6-11;1-2-6-4-3-5-1/h11-12H,4-10H2,1-3H3;5-6H,1-4H2. The van der Waals surface area contributed by atoms with Crippen molar-refractivity contribution in [2.24, 2.45) is 0 Å². The lowest BCUT2D eigenvalue weighted by Gasteiger charge is -2.36. The molecule has 24 heavy (non-hydrogen) atoms. The molecule has 1 saturated carbocycles. The number of amides is 1. The Labute approximate surface area is 146 Å². The van der Waals surface area contributed by atoms with Gasteiger partial charge in [-0.3, -0.25) is 0 Å². The van der Waals surface area contributed by atoms with E-state index in [9.17, 15) is 4.79 Å². The third-order valence-electron chi connectivity index (χ3n) is 4.49. The quantitative estimate of drug-likeness (QED) is 0.806. The summed E-state index contributed by atoms with van der Waals surface area (Å²) < 4.78 is 11.3. The number of likely N-dealkylation sites (tertiary alicyclic amines) is 1. The van der Waals surface area contributed by atoms with Crippen LogP contribution in [0.2, 0.25) is 0 Å². The molecule has 2 N–H and O–H groups in total. The number of piperidine rings is 1. The van der Waals surface area contributed by atoms with Gasteiger partial charge in [0.25, 0.3) is 0 Å². The van der Waals surface area contributed by atoms with Crippen LogP contribution in [0.5, 0.6) is 0 Å². The molecule has 3 rings (SSSR count). The topological polar surface area (TPSA) is 62.8 Å². The zero-order valence-electron chi connectivity index (χ0n) is 15.6. The Morgan fingerprint density at radius 1 is 0.917 bits per heavy atom. The average molecular weight is 341 g/mol. The zero-order chi connectivity index (χ0) is 17.4. The van der Waals surface area contributed by atoms with Crippen molar-refractivity contribution in [2.45, 2.75) is 70.7 Å². The number of carbonyl (C=O) groups excluding carboxylic acids is 1. The van der Waals surface area contributed by atoms with Crippen molar-refractivity contribution in [1.29, 1.82) is 0 Å². The van der Waals surface area contributed by atoms with E-state index < -0.39 is 5.60 Å². The zero-order valence-corrected chi connectivity index (χ0v) is 15.6. The number of carbonyl (C=O) groups is 1. The van der Waals surface area contributed by atoms with Gasteiger partial charge in [-0.2, -0.15) is 0 Å². The maximum Gasteiger partial charge on any atom is 0.410 e. The SMILES string of the molecule is C1CNCCN1.CC(C)(C)OC(=O)N1CCC(OC2CCC2)CC1. The highest BCUT2D eigenvalue weighted by atomic mass is 16.6. The van der Waals surface area contributed by atoms with Crippen LogP contribution in [-0.4, -0.2) is 68.1 Å². The lowest BCUT2D eigenvalue weighted by molar-refractivity contribution is -0.0742. The van der Waals surface area contributed by atoms with Crippen molar-refractivity contribution < 1.29 is 14.3 Å². The number of ether oxygens (including phenoxy) is 2. The largest absolute Gasteiger partial charge is 0.444 e. The van der Waals surface area contributed by atoms with Crippen LogP contribution < -0.4 is 10.6 Å². The number of nitrogens with one attached hydrogen (secondary N) is 2. The fourth-order valence-electron chi connectivity index (χ4n) is 2.88. The van der Waals surface area contributed by atoms with Gasteiger partial charge in [0.15, 0.2) is 0 Å². The molecule has 140 valence electrons. The number of piperazine rings is 1. The van der Waals surface area contributed by atoms with Gasteiger partial charge in [0.05, 0.1) is 12.2 Å². The summed E-state index contributed by atoms with van der Waals surface area (Å²) in [6, 6.07) is 0. The van der Waals surface area contributed by atoms with Gasteiger partial charge in [-0.25, -0.2) is 4.79 Å². The summed E-state index contributed by atoms with van der Waals surface area (Å²) in [5, 5.41) is 6.44. The van der Waals surface area contributed by atoms with E-state index in [1.165, 1.54) is 19.3 Å². The monoisotopic (exact) mass is 341 g/mol. The minimum absolute atomic E-state index is 0.190. The molecular formula is C18H35N3O3. The lowest BCUT2D eigenvalue weighted by atomic mass is 9.95. The highest BCUT2D eigenvalue weighted by molar-refractivity contribution is 5.68. The van der Waals surface area contributed by atoms with Crippen LogP contribution in [0.4, 0.5) is 4.79 Å². The van der Waals surface area contributed by atoms with Gasteiger partial charge in [-0.05, 0) is 52.9 Å². The predicted molar refractivity (Wildman–Crippen MR) is 95.3 cm³/mol. The molecule has 3 aliphatic rings. The summed E-state index contributed by atoms with van der Waals surface area (Å²) in [6.45, 7) is 11.8. The summed E-state index contributed by atoms with van der Waals surface area (Å²) in [6.07, 6.45) is 6.26. The van der Waals surface area contributed by atoms with Gasteiger partial charge in [-0.1, -0.05) is 0 Å². The summed E-state index contributed by atoms with van der Waals surface area (Å²) in [5.74, 6) is 0. The number of rotatable bonds is 2. The molecule has 6 heteroatoms. The number of hydrogen-bond acceptors (Lipinski definition) is 5. The second-order valence-electron chi connectivity index (χ2n) is 7.86. The fourth-order valence-corrected chi connectivity index (χ4v) is 2.88. The normalized spacial score (nSPS) is 23.0. The molecule has 0 aromatic rings. The number of nitrogens with zero attached hydrogens (tertiary/aromatic N) is 1. The molecule has 6 nitrogen and oxygen atoms in total. The minimum Gasteiger partial charge on any atom is -0.444 e. The minimum atomic E-state index is -0.406. The van der Waals surface area contributed by atoms with E-state index in [1.807, 2.05) is 20.8 Å². The van der Waals surface area contributed by atoms with Crippen LogP contribution in [0, 0.1) is 0 Å². The van der Waals surface area contributed by atoms with Crippen molar-refractivity contribution >= 4 is 6.09 Å². The Bertz CT molecular complexity index is 357. The Kier molecular flexibility index (Phi) is 7.78. The van der Waals surface area contributed by atoms with Crippen molar-refractivity contribution in [1.82, 2.24) is 15.5 Å². The van der Waals surface area contributed by atoms with E-state index in [-0.39, 0.29) is 6.09 Å². The Hall–Kier alpha value is -0.850. The molecule has 0 atom stereocenters. The van der Waals surface area contributed by atoms with E-state index in [0.717, 1.165) is 52.1 Å². The first-order valence-electron chi connectivity index (χ1n) is 9.49. The van der Waals surface area contributed by atoms with Crippen LogP contribution in [0.15, 0.2) is 0 Å². The molecule has 2 saturated heterocycles. The van der Waals surface area contributed by atoms with E-state index in [1.54, 1.807) is 4.90 Å². The Balaban J connectivity index is 0.000000292. The van der Waals surface area contributed by atoms with E-state index in [4.69, 9.17) is 9.47 Å². The first kappa shape index (κ1) is 19.5. The molecule has 3 fully saturated rings. The first-order chi connectivity index (χ1) is 11.4. The van der Waals surface area contributed by atoms with Gasteiger partial charge in [0.2, 0.25) is 0 Å². The molecule has 1 aliphatic carbocycles. The second-order valence-corrected chi connectivity index (χ2v) is 7.86. The van der Waals surface area contributed by atoms with Gasteiger partial charge in [0, 0.05) is 39.3 Å². The predicted octanol–water partition coefficient (Wildman–Crippen LogP) is 2.13. The van der Waals surface area contributed by atoms with E-state index in [2.05, 4.69) is 10.6 Å². The van der Waals surface area contributed by atoms with Crippen molar-refractivity contribution in [3.63, 3.8) is 0 Å². The second kappa shape index (κ2) is 9.59. The molecular weight excluding hydrogens is 306 g/mol. The van der Waals surface area contributed by atoms with Crippen LogP contribution in [-0.2, 0) is 9.47 Å². The maximum atomic E-state index is 11.9. The van der Waals surface area contributed by atoms with E-state index >= 15 is 0 Å². The third kappa shape index (κ3) is 7.36. The van der Waals surface area contributed by atoms with Crippen molar-refractivity contribution in [2.75, 3.05) is 39.3 Å². The molecule has 2 aliphatic heterocycles. The van der Waals surface area contributed by atoms with Crippen LogP contribution in [0.1, 0.15) is 52.9 Å². The molecule has 0 aromatic carbocycles. The molecule has 0 unspecified atom stereocenters. The molecule has 0 aromatic heterocycles. The van der Waals surface area contributed by atoms with Gasteiger partial charge in [-0.15, -0.1) is 0 Å². The van der Waals surface area contributed by atoms with Gasteiger partial charge in [0.1, 0.15) is 5.60 Å². The Morgan fingerprint density at radius 2 is 1.42 bits per heavy atom. The van der Waals surface area contributed by atoms with Gasteiger partial charge < -0.3 is 25.0 Å². The molecule has 0 bridgehead atoms. The summed E-state index contributed by atoms with van der Waals surface area (Å²) >= 11 is 0. The first-order valence-corrected chi connectivity index (χ1v) is 9.49. The summed E-state index contributed by atoms with van der Waals surface area (Å²) in [4.78, 5) is 13.7. The maximum absolute atomic E-state index is 11.9. The average Bonchev–Trinajstić information content (AvgIpc) is 2.52. The molecule has 0 spiro atoms. The molecule has 0 radical (unpaired) electrons. The molecule has 2 heterocycles.